The van der Waals surface area contributed by atoms with Crippen molar-refractivity contribution in [1.82, 2.24) is 14.8 Å². The van der Waals surface area contributed by atoms with Gasteiger partial charge in [0.15, 0.2) is 5.82 Å². The molecule has 3 heterocycles. The molecule has 1 amide bonds. The van der Waals surface area contributed by atoms with Crippen molar-refractivity contribution >= 4 is 28.9 Å². The molecule has 0 unspecified atom stereocenters. The van der Waals surface area contributed by atoms with Gasteiger partial charge >= 0.3 is 0 Å². The maximum Gasteiger partial charge on any atom is 0.269 e. The van der Waals surface area contributed by atoms with Crippen LogP contribution in [0.5, 0.6) is 0 Å². The number of nitro benzene ring substituents is 1. The summed E-state index contributed by atoms with van der Waals surface area (Å²) in [6.45, 7) is 3.90. The molecule has 136 valence electrons. The van der Waals surface area contributed by atoms with Crippen molar-refractivity contribution in [2.24, 2.45) is 11.7 Å². The Balaban J connectivity index is 1.89. The van der Waals surface area contributed by atoms with E-state index in [4.69, 9.17) is 5.73 Å². The molecule has 1 aliphatic rings. The van der Waals surface area contributed by atoms with Crippen molar-refractivity contribution in [1.29, 1.82) is 0 Å². The first kappa shape index (κ1) is 16.9. The molecule has 4 rings (SSSR count). The molecule has 0 spiro atoms. The molecule has 1 aliphatic heterocycles. The number of amides is 1. The quantitative estimate of drug-likeness (QED) is 0.527. The summed E-state index contributed by atoms with van der Waals surface area (Å²) >= 11 is 1.48. The highest BCUT2D eigenvalue weighted by Crippen LogP contribution is 2.39. The Morgan fingerprint density at radius 2 is 2.19 bits per heavy atom. The second kappa shape index (κ2) is 6.32. The number of aromatic nitrogens is 3. The maximum absolute atomic E-state index is 12.1. The second-order valence-electron chi connectivity index (χ2n) is 6.01. The first-order valence-corrected chi connectivity index (χ1v) is 8.83. The van der Waals surface area contributed by atoms with Crippen molar-refractivity contribution in [3.05, 3.63) is 69.7 Å². The molecule has 2 aromatic heterocycles. The molecule has 3 N–H and O–H groups in total. The average Bonchev–Trinajstić information content (AvgIpc) is 3.29. The number of primary amides is 1. The molecule has 0 aliphatic carbocycles. The number of benzene rings is 1. The number of nitro groups is 1. The van der Waals surface area contributed by atoms with Gasteiger partial charge in [0, 0.05) is 17.8 Å². The van der Waals surface area contributed by atoms with Crippen molar-refractivity contribution in [2.75, 3.05) is 5.32 Å². The maximum atomic E-state index is 12.1. The highest BCUT2D eigenvalue weighted by molar-refractivity contribution is 7.13. The lowest BCUT2D eigenvalue weighted by Crippen LogP contribution is -2.40. The SMILES string of the molecule is C=C1Nc2nc(-c3cccs3)nn2[C@H](c2cccc([N+](=O)[O-])c2)[C@H]1C(N)=O. The van der Waals surface area contributed by atoms with Gasteiger partial charge in [0.2, 0.25) is 11.9 Å². The van der Waals surface area contributed by atoms with Gasteiger partial charge in [-0.25, -0.2) is 4.68 Å². The van der Waals surface area contributed by atoms with E-state index in [1.165, 1.54) is 28.2 Å². The summed E-state index contributed by atoms with van der Waals surface area (Å²) in [6.07, 6.45) is 0. The molecule has 0 saturated carbocycles. The number of nitrogens with two attached hydrogens (primary N) is 1. The lowest BCUT2D eigenvalue weighted by Gasteiger charge is -2.32. The number of rotatable bonds is 4. The van der Waals surface area contributed by atoms with Gasteiger partial charge in [0.25, 0.3) is 5.69 Å². The van der Waals surface area contributed by atoms with Gasteiger partial charge in [-0.05, 0) is 17.0 Å². The fourth-order valence-electron chi connectivity index (χ4n) is 3.15. The Morgan fingerprint density at radius 1 is 1.37 bits per heavy atom. The van der Waals surface area contributed by atoms with Crippen molar-refractivity contribution in [3.63, 3.8) is 0 Å². The molecule has 0 radical (unpaired) electrons. The van der Waals surface area contributed by atoms with E-state index in [0.29, 0.717) is 23.0 Å². The topological polar surface area (TPSA) is 129 Å². The molecule has 0 bridgehead atoms. The number of nitrogens with one attached hydrogen (secondary N) is 1. The number of fused-ring (bicyclic) bond motifs is 1. The molecule has 9 nitrogen and oxygen atoms in total. The average molecular weight is 382 g/mol. The lowest BCUT2D eigenvalue weighted by molar-refractivity contribution is -0.384. The van der Waals surface area contributed by atoms with Crippen LogP contribution < -0.4 is 11.1 Å². The molecule has 0 fully saturated rings. The van der Waals surface area contributed by atoms with Crippen LogP contribution in [0, 0.1) is 16.0 Å². The predicted molar refractivity (Wildman–Crippen MR) is 100 cm³/mol. The summed E-state index contributed by atoms with van der Waals surface area (Å²) < 4.78 is 1.54. The van der Waals surface area contributed by atoms with E-state index < -0.39 is 22.8 Å². The van der Waals surface area contributed by atoms with Crippen LogP contribution in [0.2, 0.25) is 0 Å². The molecule has 3 aromatic rings. The zero-order valence-electron chi connectivity index (χ0n) is 13.9. The molecular weight excluding hydrogens is 368 g/mol. The number of nitrogens with zero attached hydrogens (tertiary/aromatic N) is 4. The summed E-state index contributed by atoms with van der Waals surface area (Å²) in [5, 5.41) is 20.6. The Labute approximate surface area is 157 Å². The molecule has 1 aromatic carbocycles. The van der Waals surface area contributed by atoms with Gasteiger partial charge in [0.05, 0.1) is 15.8 Å². The zero-order chi connectivity index (χ0) is 19.1. The van der Waals surface area contributed by atoms with Crippen LogP contribution in [0.1, 0.15) is 11.6 Å². The van der Waals surface area contributed by atoms with Crippen LogP contribution in [0.15, 0.2) is 54.1 Å². The van der Waals surface area contributed by atoms with Crippen LogP contribution in [-0.2, 0) is 4.79 Å². The molecule has 2 atom stereocenters. The minimum atomic E-state index is -0.836. The largest absolute Gasteiger partial charge is 0.369 e. The molecule has 10 heteroatoms. The summed E-state index contributed by atoms with van der Waals surface area (Å²) in [5.41, 5.74) is 6.42. The Kier molecular flexibility index (Phi) is 3.96. The summed E-state index contributed by atoms with van der Waals surface area (Å²) in [5.74, 6) is -0.557. The normalized spacial score (nSPS) is 18.6. The third-order valence-corrected chi connectivity index (χ3v) is 5.19. The Hall–Kier alpha value is -3.53. The van der Waals surface area contributed by atoms with E-state index >= 15 is 0 Å². The van der Waals surface area contributed by atoms with Crippen LogP contribution in [0.25, 0.3) is 10.7 Å². The van der Waals surface area contributed by atoms with Gasteiger partial charge in [-0.3, -0.25) is 14.9 Å². The Bertz CT molecular complexity index is 1060. The summed E-state index contributed by atoms with van der Waals surface area (Å²) in [7, 11) is 0. The number of carbonyl (C=O) groups excluding carboxylic acids is 1. The monoisotopic (exact) mass is 382 g/mol. The van der Waals surface area contributed by atoms with E-state index in [0.717, 1.165) is 4.88 Å². The van der Waals surface area contributed by atoms with Crippen molar-refractivity contribution in [3.8, 4) is 10.7 Å². The van der Waals surface area contributed by atoms with Gasteiger partial charge in [-0.2, -0.15) is 4.98 Å². The second-order valence-corrected chi connectivity index (χ2v) is 6.96. The number of non-ortho nitro benzene ring substituents is 1. The number of hydrogen-bond acceptors (Lipinski definition) is 7. The number of hydrogen-bond donors (Lipinski definition) is 2. The lowest BCUT2D eigenvalue weighted by atomic mass is 9.88. The third-order valence-electron chi connectivity index (χ3n) is 4.33. The highest BCUT2D eigenvalue weighted by Gasteiger charge is 2.39. The fraction of sp³-hybridized carbons (Fsp3) is 0.118. The third kappa shape index (κ3) is 2.85. The number of thiophene rings is 1. The predicted octanol–water partition coefficient (Wildman–Crippen LogP) is 2.54. The highest BCUT2D eigenvalue weighted by atomic mass is 32.1. The van der Waals surface area contributed by atoms with Gasteiger partial charge in [0.1, 0.15) is 5.92 Å². The van der Waals surface area contributed by atoms with E-state index in [1.807, 2.05) is 17.5 Å². The molecular formula is C17H14N6O3S. The zero-order valence-corrected chi connectivity index (χ0v) is 14.7. The first-order chi connectivity index (χ1) is 13.0. The van der Waals surface area contributed by atoms with E-state index in [1.54, 1.807) is 12.1 Å². The number of anilines is 1. The molecule has 27 heavy (non-hydrogen) atoms. The van der Waals surface area contributed by atoms with Gasteiger partial charge in [-0.15, -0.1) is 16.4 Å². The van der Waals surface area contributed by atoms with Crippen LogP contribution in [0.3, 0.4) is 0 Å². The van der Waals surface area contributed by atoms with Gasteiger partial charge < -0.3 is 11.1 Å². The smallest absolute Gasteiger partial charge is 0.269 e. The minimum absolute atomic E-state index is 0.0833. The Morgan fingerprint density at radius 3 is 2.85 bits per heavy atom. The molecule has 0 saturated heterocycles. The minimum Gasteiger partial charge on any atom is -0.369 e. The van der Waals surface area contributed by atoms with Gasteiger partial charge in [-0.1, -0.05) is 24.8 Å². The number of carbonyl (C=O) groups is 1. The standard InChI is InChI=1S/C17H14N6O3S/c1-9-13(15(18)24)14(10-4-2-5-11(8-10)23(25)26)22-17(19-9)20-16(21-22)12-6-3-7-27-12/h2-8,13-14H,1H2,(H2,18,24)(H,19,20,21)/t13-,14+/m0/s1. The first-order valence-electron chi connectivity index (χ1n) is 7.95. The van der Waals surface area contributed by atoms with Crippen LogP contribution in [-0.4, -0.2) is 25.6 Å². The van der Waals surface area contributed by atoms with Crippen LogP contribution >= 0.6 is 11.3 Å². The van der Waals surface area contributed by atoms with E-state index in [9.17, 15) is 14.9 Å². The summed E-state index contributed by atoms with van der Waals surface area (Å²) in [6, 6.07) is 9.14. The summed E-state index contributed by atoms with van der Waals surface area (Å²) in [4.78, 5) is 28.2. The van der Waals surface area contributed by atoms with E-state index in [-0.39, 0.29) is 5.69 Å². The van der Waals surface area contributed by atoms with Crippen LogP contribution in [0.4, 0.5) is 11.6 Å². The fourth-order valence-corrected chi connectivity index (χ4v) is 3.80. The van der Waals surface area contributed by atoms with Crippen molar-refractivity contribution < 1.29 is 9.72 Å². The van der Waals surface area contributed by atoms with E-state index in [2.05, 4.69) is 22.0 Å². The van der Waals surface area contributed by atoms with Crippen molar-refractivity contribution in [2.45, 2.75) is 6.04 Å².